The summed E-state index contributed by atoms with van der Waals surface area (Å²) in [7, 11) is 1.58. The predicted octanol–water partition coefficient (Wildman–Crippen LogP) is 2.32. The highest BCUT2D eigenvalue weighted by Gasteiger charge is 2.26. The van der Waals surface area contributed by atoms with Gasteiger partial charge in [0.05, 0.1) is 7.11 Å². The van der Waals surface area contributed by atoms with Crippen molar-refractivity contribution in [3.05, 3.63) is 29.8 Å². The first-order chi connectivity index (χ1) is 13.5. The normalized spacial score (nSPS) is 15.9. The third-order valence-corrected chi connectivity index (χ3v) is 5.06. The van der Waals surface area contributed by atoms with E-state index in [1.165, 1.54) is 0 Å². The first kappa shape index (κ1) is 24.9. The predicted molar refractivity (Wildman–Crippen MR) is 114 cm³/mol. The number of hydrogen-bond donors (Lipinski definition) is 2. The number of methoxy groups -OCH3 is 1. The number of rotatable bonds is 10. The topological polar surface area (TPSA) is 102 Å². The van der Waals surface area contributed by atoms with E-state index >= 15 is 0 Å². The lowest BCUT2D eigenvalue weighted by Gasteiger charge is -2.36. The molecule has 1 aromatic rings. The van der Waals surface area contributed by atoms with E-state index < -0.39 is 0 Å². The van der Waals surface area contributed by atoms with Gasteiger partial charge < -0.3 is 20.7 Å². The van der Waals surface area contributed by atoms with Gasteiger partial charge in [0, 0.05) is 50.5 Å². The number of piperidine rings is 1. The van der Waals surface area contributed by atoms with Gasteiger partial charge >= 0.3 is 0 Å². The molecule has 1 aromatic carbocycles. The lowest BCUT2D eigenvalue weighted by atomic mass is 10.00. The number of carbonyl (C=O) groups excluding carboxylic acids is 3. The van der Waals surface area contributed by atoms with Gasteiger partial charge in [-0.1, -0.05) is 0 Å². The van der Waals surface area contributed by atoms with Gasteiger partial charge in [0.2, 0.25) is 11.8 Å². The molecule has 0 aromatic heterocycles. The number of halogens is 1. The maximum Gasteiger partial charge on any atom is 0.222 e. The molecular weight excluding hydrogens is 394 g/mol. The monoisotopic (exact) mass is 425 g/mol. The number of Topliss-reactive ketones (excluding diaryl/α,β-unsaturated/α-hetero) is 1. The van der Waals surface area contributed by atoms with Crippen molar-refractivity contribution in [3.63, 3.8) is 0 Å². The standard InChI is InChI=1S/C21H31N3O4.ClH/c1-28-18-10-8-16(9-11-18)19(25)6-4-7-21(27)24-14-3-2-5-17(24)15-23-20(26)12-13-22;/h8-11,17H,2-7,12-15,22H2,1H3,(H,23,26);1H. The van der Waals surface area contributed by atoms with Crippen LogP contribution in [0.15, 0.2) is 24.3 Å². The first-order valence-corrected chi connectivity index (χ1v) is 9.98. The Kier molecular flexibility index (Phi) is 11.3. The fraction of sp³-hybridized carbons (Fsp3) is 0.571. The Balaban J connectivity index is 0.00000420. The van der Waals surface area contributed by atoms with E-state index in [1.807, 2.05) is 4.90 Å². The summed E-state index contributed by atoms with van der Waals surface area (Å²) in [6, 6.07) is 7.03. The summed E-state index contributed by atoms with van der Waals surface area (Å²) in [4.78, 5) is 38.4. The lowest BCUT2D eigenvalue weighted by molar-refractivity contribution is -0.135. The number of amides is 2. The average Bonchev–Trinajstić information content (AvgIpc) is 2.72. The zero-order valence-corrected chi connectivity index (χ0v) is 17.8. The second-order valence-corrected chi connectivity index (χ2v) is 7.08. The summed E-state index contributed by atoms with van der Waals surface area (Å²) in [5, 5.41) is 2.87. The largest absolute Gasteiger partial charge is 0.497 e. The molecule has 0 saturated carbocycles. The van der Waals surface area contributed by atoms with Gasteiger partial charge in [-0.25, -0.2) is 0 Å². The molecule has 1 aliphatic heterocycles. The molecule has 1 unspecified atom stereocenters. The van der Waals surface area contributed by atoms with Crippen LogP contribution in [-0.4, -0.2) is 55.3 Å². The summed E-state index contributed by atoms with van der Waals surface area (Å²) in [6.07, 6.45) is 4.42. The van der Waals surface area contributed by atoms with E-state index in [0.29, 0.717) is 56.6 Å². The Bertz CT molecular complexity index is 666. The average molecular weight is 426 g/mol. The van der Waals surface area contributed by atoms with Crippen LogP contribution in [0.2, 0.25) is 0 Å². The van der Waals surface area contributed by atoms with Gasteiger partial charge in [0.15, 0.2) is 5.78 Å². The lowest BCUT2D eigenvalue weighted by Crippen LogP contribution is -2.49. The Hall–Kier alpha value is -2.12. The van der Waals surface area contributed by atoms with E-state index in [2.05, 4.69) is 5.32 Å². The number of nitrogens with one attached hydrogen (secondary N) is 1. The Morgan fingerprint density at radius 3 is 2.52 bits per heavy atom. The van der Waals surface area contributed by atoms with Crippen molar-refractivity contribution in [2.75, 3.05) is 26.7 Å². The highest BCUT2D eigenvalue weighted by molar-refractivity contribution is 5.96. The summed E-state index contributed by atoms with van der Waals surface area (Å²) in [5.74, 6) is 0.715. The van der Waals surface area contributed by atoms with E-state index in [0.717, 1.165) is 19.3 Å². The van der Waals surface area contributed by atoms with Crippen LogP contribution >= 0.6 is 12.4 Å². The third kappa shape index (κ3) is 8.03. The molecule has 0 aliphatic carbocycles. The maximum atomic E-state index is 12.6. The van der Waals surface area contributed by atoms with Gasteiger partial charge in [0.25, 0.3) is 0 Å². The molecule has 1 fully saturated rings. The van der Waals surface area contributed by atoms with Crippen LogP contribution in [0.25, 0.3) is 0 Å². The molecule has 0 spiro atoms. The molecule has 7 nitrogen and oxygen atoms in total. The van der Waals surface area contributed by atoms with E-state index in [9.17, 15) is 14.4 Å². The van der Waals surface area contributed by atoms with Crippen LogP contribution in [0.4, 0.5) is 0 Å². The molecule has 3 N–H and O–H groups in total. The van der Waals surface area contributed by atoms with Crippen molar-refractivity contribution < 1.29 is 19.1 Å². The zero-order valence-electron chi connectivity index (χ0n) is 17.0. The van der Waals surface area contributed by atoms with Crippen molar-refractivity contribution >= 4 is 30.0 Å². The van der Waals surface area contributed by atoms with Crippen LogP contribution in [0, 0.1) is 0 Å². The quantitative estimate of drug-likeness (QED) is 0.560. The van der Waals surface area contributed by atoms with Gasteiger partial charge in [-0.15, -0.1) is 12.4 Å². The Labute approximate surface area is 178 Å². The molecular formula is C21H32ClN3O4. The fourth-order valence-corrected chi connectivity index (χ4v) is 3.46. The molecule has 2 rings (SSSR count). The minimum atomic E-state index is -0.0782. The molecule has 1 atom stereocenters. The Morgan fingerprint density at radius 2 is 1.86 bits per heavy atom. The van der Waals surface area contributed by atoms with Gasteiger partial charge in [-0.2, -0.15) is 0 Å². The smallest absolute Gasteiger partial charge is 0.222 e. The summed E-state index contributed by atoms with van der Waals surface area (Å²) >= 11 is 0. The second-order valence-electron chi connectivity index (χ2n) is 7.08. The summed E-state index contributed by atoms with van der Waals surface area (Å²) in [5.41, 5.74) is 6.02. The Morgan fingerprint density at radius 1 is 1.14 bits per heavy atom. The van der Waals surface area contributed by atoms with Crippen molar-refractivity contribution in [3.8, 4) is 5.75 Å². The van der Waals surface area contributed by atoms with Crippen LogP contribution in [-0.2, 0) is 9.59 Å². The molecule has 0 bridgehead atoms. The highest BCUT2D eigenvalue weighted by atomic mass is 35.5. The van der Waals surface area contributed by atoms with Crippen molar-refractivity contribution in [1.82, 2.24) is 10.2 Å². The number of hydrogen-bond acceptors (Lipinski definition) is 5. The van der Waals surface area contributed by atoms with E-state index in [-0.39, 0.29) is 36.0 Å². The second kappa shape index (κ2) is 13.2. The minimum Gasteiger partial charge on any atom is -0.497 e. The van der Waals surface area contributed by atoms with Crippen molar-refractivity contribution in [2.24, 2.45) is 5.73 Å². The number of carbonyl (C=O) groups is 3. The van der Waals surface area contributed by atoms with Crippen LogP contribution in [0.5, 0.6) is 5.75 Å². The summed E-state index contributed by atoms with van der Waals surface area (Å²) < 4.78 is 5.09. The maximum absolute atomic E-state index is 12.6. The number of ketones is 1. The fourth-order valence-electron chi connectivity index (χ4n) is 3.46. The number of ether oxygens (including phenoxy) is 1. The van der Waals surface area contributed by atoms with Crippen LogP contribution < -0.4 is 15.8 Å². The van der Waals surface area contributed by atoms with Crippen LogP contribution in [0.3, 0.4) is 0 Å². The zero-order chi connectivity index (χ0) is 20.4. The van der Waals surface area contributed by atoms with Crippen molar-refractivity contribution in [1.29, 1.82) is 0 Å². The molecule has 0 radical (unpaired) electrons. The molecule has 29 heavy (non-hydrogen) atoms. The number of nitrogens with zero attached hydrogens (tertiary/aromatic N) is 1. The van der Waals surface area contributed by atoms with Gasteiger partial charge in [-0.05, 0) is 49.9 Å². The molecule has 1 heterocycles. The van der Waals surface area contributed by atoms with E-state index in [1.54, 1.807) is 31.4 Å². The number of benzene rings is 1. The molecule has 2 amide bonds. The SMILES string of the molecule is COc1ccc(C(=O)CCCC(=O)N2CCCCC2CNC(=O)CCN)cc1.Cl. The van der Waals surface area contributed by atoms with Crippen LogP contribution in [0.1, 0.15) is 55.3 Å². The van der Waals surface area contributed by atoms with E-state index in [4.69, 9.17) is 10.5 Å². The summed E-state index contributed by atoms with van der Waals surface area (Å²) in [6.45, 7) is 1.50. The molecule has 8 heteroatoms. The number of likely N-dealkylation sites (tertiary alicyclic amines) is 1. The first-order valence-electron chi connectivity index (χ1n) is 9.98. The van der Waals surface area contributed by atoms with Gasteiger partial charge in [-0.3, -0.25) is 14.4 Å². The number of nitrogens with two attached hydrogens (primary N) is 1. The molecule has 162 valence electrons. The molecule has 1 saturated heterocycles. The highest BCUT2D eigenvalue weighted by Crippen LogP contribution is 2.19. The molecule has 1 aliphatic rings. The van der Waals surface area contributed by atoms with Gasteiger partial charge in [0.1, 0.15) is 5.75 Å². The third-order valence-electron chi connectivity index (χ3n) is 5.06. The minimum absolute atomic E-state index is 0. The van der Waals surface area contributed by atoms with Crippen molar-refractivity contribution in [2.45, 2.75) is 51.0 Å².